The average Bonchev–Trinajstić information content (AvgIpc) is 3.27. The van der Waals surface area contributed by atoms with Crippen molar-refractivity contribution in [2.45, 2.75) is 26.2 Å². The summed E-state index contributed by atoms with van der Waals surface area (Å²) in [5.41, 5.74) is 5.04. The van der Waals surface area contributed by atoms with Crippen LogP contribution in [0.25, 0.3) is 33.3 Å². The zero-order valence-electron chi connectivity index (χ0n) is 18.1. The largest absolute Gasteiger partial charge is 0.436 e. The summed E-state index contributed by atoms with van der Waals surface area (Å²) >= 11 is 0. The summed E-state index contributed by atoms with van der Waals surface area (Å²) in [6.45, 7) is 4.39. The lowest BCUT2D eigenvalue weighted by Crippen LogP contribution is -2.12. The van der Waals surface area contributed by atoms with Gasteiger partial charge in [-0.2, -0.15) is 0 Å². The van der Waals surface area contributed by atoms with E-state index in [4.69, 9.17) is 9.40 Å². The number of rotatable bonds is 5. The van der Waals surface area contributed by atoms with Gasteiger partial charge in [-0.3, -0.25) is 4.79 Å². The number of benzene rings is 4. The Kier molecular flexibility index (Phi) is 5.20. The molecule has 0 spiro atoms. The predicted octanol–water partition coefficient (Wildman–Crippen LogP) is 7.41. The van der Waals surface area contributed by atoms with Gasteiger partial charge >= 0.3 is 0 Å². The summed E-state index contributed by atoms with van der Waals surface area (Å²) < 4.78 is 6.00. The minimum atomic E-state index is -0.144. The van der Waals surface area contributed by atoms with E-state index in [1.807, 2.05) is 72.8 Å². The second-order valence-electron chi connectivity index (χ2n) is 8.12. The van der Waals surface area contributed by atoms with Crippen molar-refractivity contribution >= 4 is 33.5 Å². The Balaban J connectivity index is 1.44. The summed E-state index contributed by atoms with van der Waals surface area (Å²) in [5.74, 6) is 0.879. The van der Waals surface area contributed by atoms with Crippen LogP contribution in [0.5, 0.6) is 0 Å². The van der Waals surface area contributed by atoms with E-state index in [0.29, 0.717) is 23.1 Å². The Labute approximate surface area is 186 Å². The molecule has 4 heteroatoms. The Morgan fingerprint density at radius 1 is 0.969 bits per heavy atom. The van der Waals surface area contributed by atoms with Gasteiger partial charge in [-0.15, -0.1) is 0 Å². The lowest BCUT2D eigenvalue weighted by molar-refractivity contribution is 0.102. The summed E-state index contributed by atoms with van der Waals surface area (Å²) in [4.78, 5) is 17.7. The molecule has 1 N–H and O–H groups in total. The molecule has 0 aliphatic carbocycles. The van der Waals surface area contributed by atoms with Crippen LogP contribution < -0.4 is 5.32 Å². The molecule has 158 valence electrons. The van der Waals surface area contributed by atoms with E-state index in [-0.39, 0.29) is 5.91 Å². The minimum absolute atomic E-state index is 0.144. The van der Waals surface area contributed by atoms with E-state index >= 15 is 0 Å². The van der Waals surface area contributed by atoms with E-state index in [9.17, 15) is 4.79 Å². The molecule has 0 saturated carbocycles. The van der Waals surface area contributed by atoms with Crippen LogP contribution in [0.1, 0.15) is 42.1 Å². The van der Waals surface area contributed by atoms with Gasteiger partial charge in [-0.25, -0.2) is 4.98 Å². The van der Waals surface area contributed by atoms with E-state index in [2.05, 4.69) is 31.3 Å². The highest BCUT2D eigenvalue weighted by Crippen LogP contribution is 2.29. The fourth-order valence-electron chi connectivity index (χ4n) is 3.96. The molecular weight excluding hydrogens is 396 g/mol. The van der Waals surface area contributed by atoms with Gasteiger partial charge in [0.15, 0.2) is 5.58 Å². The Hall–Kier alpha value is -3.92. The van der Waals surface area contributed by atoms with Crippen molar-refractivity contribution in [3.05, 3.63) is 96.1 Å². The Morgan fingerprint density at radius 2 is 1.78 bits per heavy atom. The van der Waals surface area contributed by atoms with E-state index in [1.54, 1.807) is 0 Å². The molecule has 5 aromatic rings. The van der Waals surface area contributed by atoms with Crippen LogP contribution in [-0.4, -0.2) is 10.9 Å². The van der Waals surface area contributed by atoms with Gasteiger partial charge in [0.25, 0.3) is 5.91 Å². The SMILES string of the molecule is CC[C@H](C)c1ccc2oc(-c3cccc(NC(=O)c4cccc5ccccc45)c3)nc2c1. The van der Waals surface area contributed by atoms with E-state index in [1.165, 1.54) is 5.56 Å². The first-order valence-electron chi connectivity index (χ1n) is 10.9. The van der Waals surface area contributed by atoms with Crippen LogP contribution in [0.2, 0.25) is 0 Å². The summed E-state index contributed by atoms with van der Waals surface area (Å²) in [6.07, 6.45) is 1.08. The minimum Gasteiger partial charge on any atom is -0.436 e. The summed E-state index contributed by atoms with van der Waals surface area (Å²) in [7, 11) is 0. The molecule has 1 amide bonds. The molecule has 0 fully saturated rings. The number of anilines is 1. The standard InChI is InChI=1S/C28H24N2O2/c1-3-18(2)20-14-15-26-25(17-20)30-28(32-26)21-10-6-11-22(16-21)29-27(31)24-13-7-9-19-8-4-5-12-23(19)24/h4-18H,3H2,1-2H3,(H,29,31)/t18-/m0/s1. The number of aromatic nitrogens is 1. The fraction of sp³-hybridized carbons (Fsp3) is 0.143. The smallest absolute Gasteiger partial charge is 0.256 e. The number of hydrogen-bond donors (Lipinski definition) is 1. The van der Waals surface area contributed by atoms with Crippen molar-refractivity contribution in [1.29, 1.82) is 0 Å². The predicted molar refractivity (Wildman–Crippen MR) is 130 cm³/mol. The van der Waals surface area contributed by atoms with Crippen LogP contribution in [0.15, 0.2) is 89.3 Å². The topological polar surface area (TPSA) is 55.1 Å². The summed E-state index contributed by atoms with van der Waals surface area (Å²) in [5, 5.41) is 4.99. The number of nitrogens with one attached hydrogen (secondary N) is 1. The van der Waals surface area contributed by atoms with Crippen LogP contribution >= 0.6 is 0 Å². The molecule has 5 rings (SSSR count). The van der Waals surface area contributed by atoms with Gasteiger partial charge in [-0.1, -0.05) is 62.4 Å². The first-order chi connectivity index (χ1) is 15.6. The molecule has 1 aromatic heterocycles. The van der Waals surface area contributed by atoms with Gasteiger partial charge in [0.1, 0.15) is 5.52 Å². The van der Waals surface area contributed by atoms with Gasteiger partial charge < -0.3 is 9.73 Å². The quantitative estimate of drug-likeness (QED) is 0.322. The second-order valence-corrected chi connectivity index (χ2v) is 8.12. The number of hydrogen-bond acceptors (Lipinski definition) is 3. The van der Waals surface area contributed by atoms with Crippen molar-refractivity contribution in [3.8, 4) is 11.5 Å². The fourth-order valence-corrected chi connectivity index (χ4v) is 3.96. The summed E-state index contributed by atoms with van der Waals surface area (Å²) in [6, 6.07) is 27.4. The number of oxazole rings is 1. The lowest BCUT2D eigenvalue weighted by atomic mass is 9.98. The average molecular weight is 421 g/mol. The molecule has 4 aromatic carbocycles. The zero-order chi connectivity index (χ0) is 22.1. The van der Waals surface area contributed by atoms with Crippen molar-refractivity contribution in [3.63, 3.8) is 0 Å². The molecule has 0 aliphatic heterocycles. The highest BCUT2D eigenvalue weighted by molar-refractivity contribution is 6.13. The third-order valence-electron chi connectivity index (χ3n) is 5.99. The second kappa shape index (κ2) is 8.31. The molecule has 0 aliphatic rings. The van der Waals surface area contributed by atoms with Crippen molar-refractivity contribution in [2.75, 3.05) is 5.32 Å². The highest BCUT2D eigenvalue weighted by Gasteiger charge is 2.13. The van der Waals surface area contributed by atoms with Crippen molar-refractivity contribution in [1.82, 2.24) is 4.98 Å². The van der Waals surface area contributed by atoms with Crippen molar-refractivity contribution in [2.24, 2.45) is 0 Å². The first kappa shape index (κ1) is 20.0. The maximum absolute atomic E-state index is 13.0. The van der Waals surface area contributed by atoms with Crippen LogP contribution in [0.4, 0.5) is 5.69 Å². The molecule has 0 saturated heterocycles. The lowest BCUT2D eigenvalue weighted by Gasteiger charge is -2.09. The van der Waals surface area contributed by atoms with Gasteiger partial charge in [-0.05, 0) is 65.1 Å². The van der Waals surface area contributed by atoms with E-state index < -0.39 is 0 Å². The third-order valence-corrected chi connectivity index (χ3v) is 5.99. The molecule has 0 radical (unpaired) electrons. The van der Waals surface area contributed by atoms with Crippen LogP contribution in [-0.2, 0) is 0 Å². The molecule has 1 atom stereocenters. The third kappa shape index (κ3) is 3.76. The number of amides is 1. The van der Waals surface area contributed by atoms with Gasteiger partial charge in [0.2, 0.25) is 5.89 Å². The molecule has 0 bridgehead atoms. The van der Waals surface area contributed by atoms with Gasteiger partial charge in [0, 0.05) is 16.8 Å². The number of fused-ring (bicyclic) bond motifs is 2. The first-order valence-corrected chi connectivity index (χ1v) is 10.9. The number of nitrogens with zero attached hydrogens (tertiary/aromatic N) is 1. The Bertz CT molecular complexity index is 1430. The number of carbonyl (C=O) groups is 1. The zero-order valence-corrected chi connectivity index (χ0v) is 18.1. The molecule has 4 nitrogen and oxygen atoms in total. The number of carbonyl (C=O) groups excluding carboxylic acids is 1. The molecule has 32 heavy (non-hydrogen) atoms. The normalized spacial score (nSPS) is 12.2. The molecule has 0 unspecified atom stereocenters. The van der Waals surface area contributed by atoms with Crippen LogP contribution in [0, 0.1) is 0 Å². The van der Waals surface area contributed by atoms with Gasteiger partial charge in [0.05, 0.1) is 0 Å². The highest BCUT2D eigenvalue weighted by atomic mass is 16.3. The van der Waals surface area contributed by atoms with Crippen LogP contribution in [0.3, 0.4) is 0 Å². The van der Waals surface area contributed by atoms with E-state index in [0.717, 1.165) is 33.9 Å². The molecular formula is C28H24N2O2. The Morgan fingerprint density at radius 3 is 2.66 bits per heavy atom. The van der Waals surface area contributed by atoms with Crippen molar-refractivity contribution < 1.29 is 9.21 Å². The maximum Gasteiger partial charge on any atom is 0.256 e. The maximum atomic E-state index is 13.0. The molecule has 1 heterocycles. The monoisotopic (exact) mass is 420 g/mol.